The van der Waals surface area contributed by atoms with Gasteiger partial charge in [-0.15, -0.1) is 0 Å². The van der Waals surface area contributed by atoms with Crippen molar-refractivity contribution in [3.63, 3.8) is 0 Å². The zero-order valence-electron chi connectivity index (χ0n) is 15.9. The Morgan fingerprint density at radius 1 is 0.808 bits per heavy atom. The molecule has 2 aliphatic heterocycles. The summed E-state index contributed by atoms with van der Waals surface area (Å²) in [7, 11) is 0. The van der Waals surface area contributed by atoms with Crippen LogP contribution in [0.1, 0.15) is 64.2 Å². The van der Waals surface area contributed by atoms with E-state index in [0.717, 1.165) is 84.0 Å². The molecule has 2 fully saturated rings. The maximum Gasteiger partial charge on any atom is 0.307 e. The maximum atomic E-state index is 12.2. The Bertz CT molecular complexity index is 432. The minimum atomic E-state index is -0.727. The van der Waals surface area contributed by atoms with E-state index in [0.29, 0.717) is 11.8 Å². The van der Waals surface area contributed by atoms with Crippen LogP contribution in [0, 0.1) is 23.7 Å². The van der Waals surface area contributed by atoms with Gasteiger partial charge in [0.1, 0.15) is 0 Å². The van der Waals surface area contributed by atoms with Crippen molar-refractivity contribution in [3.8, 4) is 0 Å². The summed E-state index contributed by atoms with van der Waals surface area (Å²) in [5, 5.41) is 25.5. The van der Waals surface area contributed by atoms with Crippen LogP contribution in [0.15, 0.2) is 0 Å². The predicted molar refractivity (Wildman–Crippen MR) is 101 cm³/mol. The largest absolute Gasteiger partial charge is 0.481 e. The average Bonchev–Trinajstić information content (AvgIpc) is 2.64. The van der Waals surface area contributed by atoms with Gasteiger partial charge in [-0.05, 0) is 82.5 Å². The molecule has 2 aliphatic rings. The highest BCUT2D eigenvalue weighted by molar-refractivity contribution is 5.71. The van der Waals surface area contributed by atoms with Gasteiger partial charge in [0.2, 0.25) is 0 Å². The lowest BCUT2D eigenvalue weighted by Gasteiger charge is -2.39. The van der Waals surface area contributed by atoms with E-state index < -0.39 is 11.9 Å². The Labute approximate surface area is 157 Å². The summed E-state index contributed by atoms with van der Waals surface area (Å²) in [6, 6.07) is 0. The molecule has 2 saturated heterocycles. The molecule has 0 aliphatic carbocycles. The van der Waals surface area contributed by atoms with Crippen molar-refractivity contribution in [2.45, 2.75) is 64.2 Å². The van der Waals surface area contributed by atoms with Crippen molar-refractivity contribution in [1.29, 1.82) is 0 Å². The number of hydrogen-bond acceptors (Lipinski definition) is 4. The molecule has 0 aromatic carbocycles. The van der Waals surface area contributed by atoms with Gasteiger partial charge in [-0.2, -0.15) is 0 Å². The van der Waals surface area contributed by atoms with E-state index in [4.69, 9.17) is 5.11 Å². The van der Waals surface area contributed by atoms with Gasteiger partial charge in [0.05, 0.1) is 5.92 Å². The molecule has 2 unspecified atom stereocenters. The Kier molecular flexibility index (Phi) is 9.40. The number of carbonyl (C=O) groups is 2. The van der Waals surface area contributed by atoms with Crippen molar-refractivity contribution in [2.24, 2.45) is 23.7 Å². The molecule has 2 rings (SSSR count). The van der Waals surface area contributed by atoms with Crippen LogP contribution >= 0.6 is 0 Å². The topological polar surface area (TPSA) is 98.7 Å². The zero-order valence-corrected chi connectivity index (χ0v) is 15.9. The van der Waals surface area contributed by atoms with E-state index in [1.54, 1.807) is 0 Å². The summed E-state index contributed by atoms with van der Waals surface area (Å²) < 4.78 is 0. The van der Waals surface area contributed by atoms with Gasteiger partial charge in [0.25, 0.3) is 0 Å². The van der Waals surface area contributed by atoms with E-state index in [1.165, 1.54) is 0 Å². The van der Waals surface area contributed by atoms with Crippen molar-refractivity contribution in [3.05, 3.63) is 0 Å². The summed E-state index contributed by atoms with van der Waals surface area (Å²) in [6.07, 6.45) is 8.99. The van der Waals surface area contributed by atoms with Gasteiger partial charge in [0, 0.05) is 6.42 Å². The standard InChI is InChI=1S/C20H36N2O4/c23-18(24)6-4-2-1-3-5-17(15-7-11-21-12-8-15)19(20(25)26)16-9-13-22-14-10-16/h15-17,19,21-22H,1-14H2,(H,23,24)(H,25,26). The first kappa shape index (κ1) is 21.2. The normalized spacial score (nSPS) is 22.0. The number of carboxylic acids is 2. The lowest BCUT2D eigenvalue weighted by atomic mass is 9.68. The van der Waals surface area contributed by atoms with E-state index in [-0.39, 0.29) is 18.3 Å². The van der Waals surface area contributed by atoms with Crippen molar-refractivity contribution in [2.75, 3.05) is 26.2 Å². The molecule has 2 atom stereocenters. The Morgan fingerprint density at radius 3 is 1.88 bits per heavy atom. The summed E-state index contributed by atoms with van der Waals surface area (Å²) >= 11 is 0. The quantitative estimate of drug-likeness (QED) is 0.419. The lowest BCUT2D eigenvalue weighted by molar-refractivity contribution is -0.148. The molecular weight excluding hydrogens is 332 g/mol. The first-order chi connectivity index (χ1) is 12.6. The molecule has 0 saturated carbocycles. The molecule has 0 aromatic rings. The number of nitrogens with one attached hydrogen (secondary N) is 2. The third-order valence-corrected chi connectivity index (χ3v) is 6.31. The first-order valence-electron chi connectivity index (χ1n) is 10.5. The van der Waals surface area contributed by atoms with Crippen LogP contribution in [-0.2, 0) is 9.59 Å². The monoisotopic (exact) mass is 368 g/mol. The third kappa shape index (κ3) is 6.88. The fourth-order valence-corrected chi connectivity index (χ4v) is 4.93. The van der Waals surface area contributed by atoms with Gasteiger partial charge in [-0.3, -0.25) is 9.59 Å². The number of aliphatic carboxylic acids is 2. The first-order valence-corrected chi connectivity index (χ1v) is 10.5. The fraction of sp³-hybridized carbons (Fsp3) is 0.900. The second-order valence-corrected chi connectivity index (χ2v) is 8.05. The summed E-state index contributed by atoms with van der Waals surface area (Å²) in [5.41, 5.74) is 0. The molecular formula is C20H36N2O4. The van der Waals surface area contributed by atoms with Gasteiger partial charge < -0.3 is 20.8 Å². The SMILES string of the molecule is O=C(O)CCCCCCC(C1CCNCC1)C(C(=O)O)C1CCNCC1. The molecule has 6 nitrogen and oxygen atoms in total. The van der Waals surface area contributed by atoms with Crippen LogP contribution in [0.3, 0.4) is 0 Å². The number of hydrogen-bond donors (Lipinski definition) is 4. The smallest absolute Gasteiger partial charge is 0.307 e. The van der Waals surface area contributed by atoms with Crippen LogP contribution in [-0.4, -0.2) is 48.3 Å². The molecule has 6 heteroatoms. The molecule has 0 bridgehead atoms. The van der Waals surface area contributed by atoms with Gasteiger partial charge in [-0.1, -0.05) is 19.3 Å². The van der Waals surface area contributed by atoms with Crippen LogP contribution < -0.4 is 10.6 Å². The lowest BCUT2D eigenvalue weighted by Crippen LogP contribution is -2.42. The number of unbranched alkanes of at least 4 members (excludes halogenated alkanes) is 3. The van der Waals surface area contributed by atoms with Crippen LogP contribution in [0.4, 0.5) is 0 Å². The summed E-state index contributed by atoms with van der Waals surface area (Å²) in [6.45, 7) is 3.86. The van der Waals surface area contributed by atoms with Crippen molar-refractivity contribution < 1.29 is 19.8 Å². The molecule has 0 spiro atoms. The van der Waals surface area contributed by atoms with E-state index >= 15 is 0 Å². The van der Waals surface area contributed by atoms with Crippen LogP contribution in [0.25, 0.3) is 0 Å². The minimum Gasteiger partial charge on any atom is -0.481 e. The van der Waals surface area contributed by atoms with Gasteiger partial charge in [-0.25, -0.2) is 0 Å². The average molecular weight is 369 g/mol. The number of carboxylic acid groups (broad SMARTS) is 2. The molecule has 26 heavy (non-hydrogen) atoms. The molecule has 2 heterocycles. The van der Waals surface area contributed by atoms with E-state index in [2.05, 4.69) is 10.6 Å². The highest BCUT2D eigenvalue weighted by atomic mass is 16.4. The van der Waals surface area contributed by atoms with E-state index in [9.17, 15) is 14.7 Å². The highest BCUT2D eigenvalue weighted by Gasteiger charge is 2.39. The van der Waals surface area contributed by atoms with E-state index in [1.807, 2.05) is 0 Å². The Hall–Kier alpha value is -1.14. The Morgan fingerprint density at radius 2 is 1.35 bits per heavy atom. The maximum absolute atomic E-state index is 12.2. The van der Waals surface area contributed by atoms with Crippen molar-refractivity contribution in [1.82, 2.24) is 10.6 Å². The minimum absolute atomic E-state index is 0.223. The molecule has 0 radical (unpaired) electrons. The molecule has 0 aromatic heterocycles. The molecule has 4 N–H and O–H groups in total. The van der Waals surface area contributed by atoms with Gasteiger partial charge in [0.15, 0.2) is 0 Å². The second kappa shape index (κ2) is 11.5. The van der Waals surface area contributed by atoms with Gasteiger partial charge >= 0.3 is 11.9 Å². The summed E-state index contributed by atoms with van der Waals surface area (Å²) in [5.74, 6) is -0.496. The summed E-state index contributed by atoms with van der Waals surface area (Å²) in [4.78, 5) is 22.8. The van der Waals surface area contributed by atoms with Crippen LogP contribution in [0.2, 0.25) is 0 Å². The third-order valence-electron chi connectivity index (χ3n) is 6.31. The van der Waals surface area contributed by atoms with Crippen molar-refractivity contribution >= 4 is 11.9 Å². The predicted octanol–water partition coefficient (Wildman–Crippen LogP) is 2.73. The number of rotatable bonds is 11. The number of piperidine rings is 2. The molecule has 0 amide bonds. The van der Waals surface area contributed by atoms with Crippen LogP contribution in [0.5, 0.6) is 0 Å². The Balaban J connectivity index is 1.94. The highest BCUT2D eigenvalue weighted by Crippen LogP contribution is 2.39. The second-order valence-electron chi connectivity index (χ2n) is 8.05. The fourth-order valence-electron chi connectivity index (χ4n) is 4.93. The zero-order chi connectivity index (χ0) is 18.8. The molecule has 150 valence electrons.